The first-order valence-electron chi connectivity index (χ1n) is 6.81. The van der Waals surface area contributed by atoms with Gasteiger partial charge in [0.2, 0.25) is 0 Å². The second-order valence-electron chi connectivity index (χ2n) is 4.58. The lowest BCUT2D eigenvalue weighted by Crippen LogP contribution is -2.14. The van der Waals surface area contributed by atoms with E-state index in [1.54, 1.807) is 24.3 Å². The first kappa shape index (κ1) is 16.8. The Hall–Kier alpha value is -2.58. The minimum absolute atomic E-state index is 0.0326. The molecular weight excluding hydrogens is 321 g/mol. The quantitative estimate of drug-likeness (QED) is 0.599. The first-order valence-corrected chi connectivity index (χ1v) is 7.19. The van der Waals surface area contributed by atoms with E-state index in [9.17, 15) is 9.18 Å². The van der Waals surface area contributed by atoms with Crippen molar-refractivity contribution in [2.45, 2.75) is 6.42 Å². The fraction of sp³-hybridized carbons (Fsp3) is 0.176. The molecule has 0 radical (unpaired) electrons. The highest BCUT2D eigenvalue weighted by Crippen LogP contribution is 2.19. The molecule has 0 aliphatic heterocycles. The molecule has 6 heteroatoms. The van der Waals surface area contributed by atoms with E-state index in [0.29, 0.717) is 11.3 Å². The van der Waals surface area contributed by atoms with Gasteiger partial charge in [-0.15, -0.1) is 0 Å². The number of carbonyl (C=O) groups is 1. The third-order valence-electron chi connectivity index (χ3n) is 2.98. The van der Waals surface area contributed by atoms with Crippen molar-refractivity contribution in [1.82, 2.24) is 0 Å². The smallest absolute Gasteiger partial charge is 0.310 e. The minimum Gasteiger partial charge on any atom is -0.490 e. The van der Waals surface area contributed by atoms with Crippen LogP contribution in [0, 0.1) is 17.1 Å². The van der Waals surface area contributed by atoms with Crippen LogP contribution in [-0.4, -0.2) is 19.2 Å². The Morgan fingerprint density at radius 3 is 2.57 bits per heavy atom. The Morgan fingerprint density at radius 2 is 1.91 bits per heavy atom. The predicted molar refractivity (Wildman–Crippen MR) is 82.7 cm³/mol. The Balaban J connectivity index is 1.75. The van der Waals surface area contributed by atoms with Crippen LogP contribution in [0.1, 0.15) is 11.1 Å². The molecule has 0 bridgehead atoms. The number of halogens is 2. The summed E-state index contributed by atoms with van der Waals surface area (Å²) in [5, 5.41) is 8.87. The summed E-state index contributed by atoms with van der Waals surface area (Å²) in [6.07, 6.45) is -0.234. The number of carbonyl (C=O) groups excluding carboxylic acids is 1. The number of nitriles is 1. The van der Waals surface area contributed by atoms with E-state index < -0.39 is 11.8 Å². The van der Waals surface area contributed by atoms with Gasteiger partial charge in [-0.2, -0.15) is 5.26 Å². The van der Waals surface area contributed by atoms with Crippen LogP contribution < -0.4 is 4.74 Å². The lowest BCUT2D eigenvalue weighted by molar-refractivity contribution is -0.143. The predicted octanol–water partition coefficient (Wildman–Crippen LogP) is 3.52. The monoisotopic (exact) mass is 333 g/mol. The molecule has 4 nitrogen and oxygen atoms in total. The van der Waals surface area contributed by atoms with E-state index in [-0.39, 0.29) is 30.2 Å². The number of rotatable bonds is 6. The molecule has 0 heterocycles. The molecule has 0 saturated heterocycles. The fourth-order valence-corrected chi connectivity index (χ4v) is 2.07. The summed E-state index contributed by atoms with van der Waals surface area (Å²) in [5.74, 6) is -0.555. The van der Waals surface area contributed by atoms with Gasteiger partial charge in [-0.05, 0) is 36.4 Å². The van der Waals surface area contributed by atoms with Crippen LogP contribution in [0.2, 0.25) is 5.02 Å². The summed E-state index contributed by atoms with van der Waals surface area (Å²) in [6, 6.07) is 12.8. The van der Waals surface area contributed by atoms with E-state index in [1.807, 2.05) is 6.07 Å². The van der Waals surface area contributed by atoms with Crippen LogP contribution in [0.5, 0.6) is 5.75 Å². The molecule has 2 aromatic rings. The molecule has 0 aromatic heterocycles. The van der Waals surface area contributed by atoms with Crippen molar-refractivity contribution in [3.8, 4) is 11.8 Å². The fourth-order valence-electron chi connectivity index (χ4n) is 1.84. The molecule has 2 aromatic carbocycles. The average Bonchev–Trinajstić information content (AvgIpc) is 2.56. The van der Waals surface area contributed by atoms with Gasteiger partial charge in [0.1, 0.15) is 24.8 Å². The Labute approximate surface area is 138 Å². The van der Waals surface area contributed by atoms with Crippen molar-refractivity contribution in [2.75, 3.05) is 13.2 Å². The minimum atomic E-state index is -0.583. The molecular formula is C17H13ClFNO3. The summed E-state index contributed by atoms with van der Waals surface area (Å²) >= 11 is 5.84. The zero-order valence-electron chi connectivity index (χ0n) is 12.1. The molecule has 0 aliphatic rings. The van der Waals surface area contributed by atoms with E-state index >= 15 is 0 Å². The zero-order valence-corrected chi connectivity index (χ0v) is 12.8. The summed E-state index contributed by atoms with van der Waals surface area (Å²) in [4.78, 5) is 11.7. The molecule has 0 atom stereocenters. The van der Waals surface area contributed by atoms with E-state index in [2.05, 4.69) is 0 Å². The second kappa shape index (κ2) is 8.16. The van der Waals surface area contributed by atoms with Gasteiger partial charge in [-0.25, -0.2) is 4.39 Å². The van der Waals surface area contributed by atoms with Gasteiger partial charge < -0.3 is 9.47 Å². The van der Waals surface area contributed by atoms with Gasteiger partial charge in [0, 0.05) is 10.6 Å². The topological polar surface area (TPSA) is 59.3 Å². The maximum atomic E-state index is 13.5. The maximum absolute atomic E-state index is 13.5. The summed E-state index contributed by atoms with van der Waals surface area (Å²) < 4.78 is 23.9. The molecule has 118 valence electrons. The molecule has 0 amide bonds. The van der Waals surface area contributed by atoms with Crippen LogP contribution in [0.4, 0.5) is 4.39 Å². The largest absolute Gasteiger partial charge is 0.490 e. The number of hydrogen-bond acceptors (Lipinski definition) is 4. The SMILES string of the molecule is N#Cc1ccc(OCCOC(=O)Cc2c(F)cccc2Cl)cc1. The third kappa shape index (κ3) is 4.97. The highest BCUT2D eigenvalue weighted by atomic mass is 35.5. The number of benzene rings is 2. The van der Waals surface area contributed by atoms with E-state index in [0.717, 1.165) is 0 Å². The number of nitrogens with zero attached hydrogens (tertiary/aromatic N) is 1. The average molecular weight is 334 g/mol. The molecule has 2 rings (SSSR count). The Kier molecular flexibility index (Phi) is 5.95. The number of esters is 1. The lowest BCUT2D eigenvalue weighted by Gasteiger charge is -2.08. The van der Waals surface area contributed by atoms with Gasteiger partial charge in [0.05, 0.1) is 18.1 Å². The second-order valence-corrected chi connectivity index (χ2v) is 4.99. The highest BCUT2D eigenvalue weighted by molar-refractivity contribution is 6.31. The van der Waals surface area contributed by atoms with Gasteiger partial charge in [-0.3, -0.25) is 4.79 Å². The first-order chi connectivity index (χ1) is 11.1. The third-order valence-corrected chi connectivity index (χ3v) is 3.34. The normalized spacial score (nSPS) is 9.96. The van der Waals surface area contributed by atoms with Crippen molar-refractivity contribution in [3.63, 3.8) is 0 Å². The molecule has 23 heavy (non-hydrogen) atoms. The molecule has 0 saturated carbocycles. The van der Waals surface area contributed by atoms with Crippen LogP contribution in [-0.2, 0) is 16.0 Å². The van der Waals surface area contributed by atoms with Gasteiger partial charge in [0.25, 0.3) is 0 Å². The summed E-state index contributed by atoms with van der Waals surface area (Å²) in [6.45, 7) is 0.188. The Bertz CT molecular complexity index is 705. The van der Waals surface area contributed by atoms with Crippen molar-refractivity contribution in [3.05, 3.63) is 64.4 Å². The van der Waals surface area contributed by atoms with Gasteiger partial charge in [-0.1, -0.05) is 17.7 Å². The molecule has 0 spiro atoms. The van der Waals surface area contributed by atoms with Gasteiger partial charge in [0.15, 0.2) is 0 Å². The molecule has 0 N–H and O–H groups in total. The summed E-state index contributed by atoms with van der Waals surface area (Å²) in [7, 11) is 0. The molecule has 0 fully saturated rings. The standard InChI is InChI=1S/C17H13ClFNO3/c18-15-2-1-3-16(19)14(15)10-17(21)23-9-8-22-13-6-4-12(11-20)5-7-13/h1-7H,8-10H2. The highest BCUT2D eigenvalue weighted by Gasteiger charge is 2.12. The summed E-state index contributed by atoms with van der Waals surface area (Å²) in [5.41, 5.74) is 0.651. The van der Waals surface area contributed by atoms with Crippen molar-refractivity contribution in [1.29, 1.82) is 5.26 Å². The molecule has 0 unspecified atom stereocenters. The van der Waals surface area contributed by atoms with E-state index in [1.165, 1.54) is 18.2 Å². The van der Waals surface area contributed by atoms with Crippen molar-refractivity contribution in [2.24, 2.45) is 0 Å². The number of ether oxygens (including phenoxy) is 2. The Morgan fingerprint density at radius 1 is 1.17 bits per heavy atom. The zero-order chi connectivity index (χ0) is 16.7. The van der Waals surface area contributed by atoms with Gasteiger partial charge >= 0.3 is 5.97 Å². The molecule has 0 aliphatic carbocycles. The van der Waals surface area contributed by atoms with E-state index in [4.69, 9.17) is 26.3 Å². The van der Waals surface area contributed by atoms with Crippen molar-refractivity contribution < 1.29 is 18.7 Å². The number of hydrogen-bond donors (Lipinski definition) is 0. The van der Waals surface area contributed by atoms with Crippen LogP contribution in [0.25, 0.3) is 0 Å². The van der Waals surface area contributed by atoms with Crippen LogP contribution in [0.15, 0.2) is 42.5 Å². The maximum Gasteiger partial charge on any atom is 0.310 e. The lowest BCUT2D eigenvalue weighted by atomic mass is 10.1. The van der Waals surface area contributed by atoms with Crippen LogP contribution in [0.3, 0.4) is 0 Å². The van der Waals surface area contributed by atoms with Crippen molar-refractivity contribution >= 4 is 17.6 Å². The van der Waals surface area contributed by atoms with Crippen LogP contribution >= 0.6 is 11.6 Å².